The Morgan fingerprint density at radius 1 is 0.812 bits per heavy atom. The van der Waals surface area contributed by atoms with Crippen molar-refractivity contribution in [1.29, 1.82) is 0 Å². The second-order valence-electron chi connectivity index (χ2n) is 3.32. The summed E-state index contributed by atoms with van der Waals surface area (Å²) in [6, 6.07) is 0. The smallest absolute Gasteiger partial charge is 0.305 e. The number of carbonyl (C=O) groups excluding carboxylic acids is 1. The minimum atomic E-state index is -0.919. The Kier molecular flexibility index (Phi) is 7.83. The van der Waals surface area contributed by atoms with Crippen LogP contribution < -0.4 is 0 Å². The van der Waals surface area contributed by atoms with E-state index in [1.54, 1.807) is 0 Å². The zero-order valence-electron chi connectivity index (χ0n) is 8.98. The Hall–Kier alpha value is -1.59. The van der Waals surface area contributed by atoms with Gasteiger partial charge in [0.15, 0.2) is 0 Å². The first-order chi connectivity index (χ1) is 7.52. The summed E-state index contributed by atoms with van der Waals surface area (Å²) in [4.78, 5) is 31.3. The van der Waals surface area contributed by atoms with Crippen LogP contribution in [-0.2, 0) is 19.1 Å². The Morgan fingerprint density at radius 2 is 1.31 bits per heavy atom. The Bertz CT molecular complexity index is 224. The molecule has 92 valence electrons. The molecule has 0 aromatic heterocycles. The number of aliphatic carboxylic acids is 2. The van der Waals surface area contributed by atoms with Gasteiger partial charge in [0, 0.05) is 19.3 Å². The lowest BCUT2D eigenvalue weighted by atomic mass is 10.2. The molecule has 0 bridgehead atoms. The van der Waals surface area contributed by atoms with Crippen molar-refractivity contribution in [1.82, 2.24) is 0 Å². The van der Waals surface area contributed by atoms with Gasteiger partial charge in [0.1, 0.15) is 0 Å². The largest absolute Gasteiger partial charge is 0.481 e. The number of carboxylic acids is 2. The number of carboxylic acid groups (broad SMARTS) is 2. The molecule has 16 heavy (non-hydrogen) atoms. The normalized spacial score (nSPS) is 9.75. The molecule has 0 aliphatic carbocycles. The molecule has 0 heterocycles. The molecule has 0 aromatic rings. The summed E-state index contributed by atoms with van der Waals surface area (Å²) in [5, 5.41) is 16.6. The Balaban J connectivity index is 3.31. The number of esters is 1. The van der Waals surface area contributed by atoms with Crippen LogP contribution in [0.3, 0.4) is 0 Å². The average molecular weight is 232 g/mol. The van der Waals surface area contributed by atoms with Crippen molar-refractivity contribution in [3.63, 3.8) is 0 Å². The zero-order valence-corrected chi connectivity index (χ0v) is 8.98. The van der Waals surface area contributed by atoms with Crippen LogP contribution in [0.15, 0.2) is 0 Å². The first kappa shape index (κ1) is 14.4. The third kappa shape index (κ3) is 10.5. The molecular weight excluding hydrogens is 216 g/mol. The Labute approximate surface area is 93.2 Å². The number of rotatable bonds is 9. The lowest BCUT2D eigenvalue weighted by molar-refractivity contribution is -0.145. The van der Waals surface area contributed by atoms with E-state index in [2.05, 4.69) is 0 Å². The molecule has 0 saturated carbocycles. The Morgan fingerprint density at radius 3 is 1.88 bits per heavy atom. The van der Waals surface area contributed by atoms with E-state index in [9.17, 15) is 14.4 Å². The van der Waals surface area contributed by atoms with Gasteiger partial charge < -0.3 is 14.9 Å². The maximum atomic E-state index is 11.0. The minimum absolute atomic E-state index is 0.0215. The molecule has 0 spiro atoms. The third-order valence-electron chi connectivity index (χ3n) is 1.82. The number of carbonyl (C=O) groups is 3. The fourth-order valence-corrected chi connectivity index (χ4v) is 1.03. The van der Waals surface area contributed by atoms with Crippen LogP contribution in [0.5, 0.6) is 0 Å². The number of hydrogen-bond donors (Lipinski definition) is 2. The summed E-state index contributed by atoms with van der Waals surface area (Å²) >= 11 is 0. The minimum Gasteiger partial charge on any atom is -0.481 e. The maximum Gasteiger partial charge on any atom is 0.305 e. The summed E-state index contributed by atoms with van der Waals surface area (Å²) in [6.45, 7) is 0.101. The molecule has 0 atom stereocenters. The van der Waals surface area contributed by atoms with Crippen molar-refractivity contribution >= 4 is 17.9 Å². The van der Waals surface area contributed by atoms with Crippen LogP contribution >= 0.6 is 0 Å². The van der Waals surface area contributed by atoms with Crippen molar-refractivity contribution < 1.29 is 29.3 Å². The van der Waals surface area contributed by atoms with Gasteiger partial charge in [-0.2, -0.15) is 0 Å². The second kappa shape index (κ2) is 8.70. The average Bonchev–Trinajstić information content (AvgIpc) is 2.19. The van der Waals surface area contributed by atoms with E-state index in [1.165, 1.54) is 0 Å². The predicted octanol–water partition coefficient (Wildman–Crippen LogP) is 1.04. The van der Waals surface area contributed by atoms with Crippen molar-refractivity contribution in [2.45, 2.75) is 38.5 Å². The van der Waals surface area contributed by atoms with Crippen molar-refractivity contribution in [2.24, 2.45) is 0 Å². The quantitative estimate of drug-likeness (QED) is 0.455. The van der Waals surface area contributed by atoms with E-state index >= 15 is 0 Å². The van der Waals surface area contributed by atoms with Gasteiger partial charge in [0.25, 0.3) is 0 Å². The van der Waals surface area contributed by atoms with Crippen molar-refractivity contribution in [3.05, 3.63) is 0 Å². The van der Waals surface area contributed by atoms with E-state index in [0.29, 0.717) is 19.3 Å². The molecule has 0 radical (unpaired) electrons. The monoisotopic (exact) mass is 232 g/mol. The summed E-state index contributed by atoms with van der Waals surface area (Å²) in [5.74, 6) is -2.21. The summed E-state index contributed by atoms with van der Waals surface area (Å²) < 4.78 is 4.75. The van der Waals surface area contributed by atoms with E-state index in [-0.39, 0.29) is 25.9 Å². The number of hydrogen-bond acceptors (Lipinski definition) is 4. The van der Waals surface area contributed by atoms with Crippen LogP contribution in [0.2, 0.25) is 0 Å². The topological polar surface area (TPSA) is 101 Å². The van der Waals surface area contributed by atoms with Crippen molar-refractivity contribution in [2.75, 3.05) is 6.61 Å². The van der Waals surface area contributed by atoms with Gasteiger partial charge in [-0.05, 0) is 19.3 Å². The lowest BCUT2D eigenvalue weighted by Gasteiger charge is -2.02. The third-order valence-corrected chi connectivity index (χ3v) is 1.82. The second-order valence-corrected chi connectivity index (χ2v) is 3.32. The zero-order chi connectivity index (χ0) is 12.4. The molecule has 0 unspecified atom stereocenters. The first-order valence-corrected chi connectivity index (χ1v) is 5.11. The van der Waals surface area contributed by atoms with Crippen LogP contribution in [0, 0.1) is 0 Å². The SMILES string of the molecule is O=C(O)CCCCC(=O)OCCCC(=O)O. The molecule has 0 fully saturated rings. The lowest BCUT2D eigenvalue weighted by Crippen LogP contribution is -2.07. The molecule has 0 saturated heterocycles. The highest BCUT2D eigenvalue weighted by Crippen LogP contribution is 2.02. The number of ether oxygens (including phenoxy) is 1. The molecule has 0 aliphatic rings. The summed E-state index contributed by atoms with van der Waals surface area (Å²) in [7, 11) is 0. The standard InChI is InChI=1S/C10H16O6/c11-8(12)4-1-2-6-10(15)16-7-3-5-9(13)14/h1-7H2,(H,11,12)(H,13,14). The van der Waals surface area contributed by atoms with Crippen molar-refractivity contribution in [3.8, 4) is 0 Å². The van der Waals surface area contributed by atoms with Gasteiger partial charge >= 0.3 is 17.9 Å². The summed E-state index contributed by atoms with van der Waals surface area (Å²) in [6.07, 6.45) is 1.43. The van der Waals surface area contributed by atoms with Crippen LogP contribution in [0.1, 0.15) is 38.5 Å². The van der Waals surface area contributed by atoms with Gasteiger partial charge in [-0.3, -0.25) is 14.4 Å². The van der Waals surface area contributed by atoms with Gasteiger partial charge in [0.05, 0.1) is 6.61 Å². The van der Waals surface area contributed by atoms with E-state index in [4.69, 9.17) is 14.9 Å². The fraction of sp³-hybridized carbons (Fsp3) is 0.700. The van der Waals surface area contributed by atoms with Crippen LogP contribution in [0.25, 0.3) is 0 Å². The van der Waals surface area contributed by atoms with Gasteiger partial charge in [-0.15, -0.1) is 0 Å². The van der Waals surface area contributed by atoms with E-state index in [1.807, 2.05) is 0 Å². The predicted molar refractivity (Wildman–Crippen MR) is 53.9 cm³/mol. The molecule has 6 heteroatoms. The molecule has 6 nitrogen and oxygen atoms in total. The highest BCUT2D eigenvalue weighted by atomic mass is 16.5. The fourth-order valence-electron chi connectivity index (χ4n) is 1.03. The molecule has 0 rings (SSSR count). The highest BCUT2D eigenvalue weighted by Gasteiger charge is 2.04. The molecular formula is C10H16O6. The molecule has 2 N–H and O–H groups in total. The van der Waals surface area contributed by atoms with Gasteiger partial charge in [0.2, 0.25) is 0 Å². The maximum absolute atomic E-state index is 11.0. The van der Waals surface area contributed by atoms with E-state index < -0.39 is 17.9 Å². The first-order valence-electron chi connectivity index (χ1n) is 5.11. The van der Waals surface area contributed by atoms with Crippen LogP contribution in [0.4, 0.5) is 0 Å². The van der Waals surface area contributed by atoms with Gasteiger partial charge in [-0.25, -0.2) is 0 Å². The van der Waals surface area contributed by atoms with Crippen LogP contribution in [-0.4, -0.2) is 34.7 Å². The number of unbranched alkanes of at least 4 members (excludes halogenated alkanes) is 1. The highest BCUT2D eigenvalue weighted by molar-refractivity contribution is 5.70. The molecule has 0 aromatic carbocycles. The molecule has 0 aliphatic heterocycles. The van der Waals surface area contributed by atoms with Gasteiger partial charge in [-0.1, -0.05) is 0 Å². The molecule has 0 amide bonds. The van der Waals surface area contributed by atoms with E-state index in [0.717, 1.165) is 0 Å². The summed E-state index contributed by atoms with van der Waals surface area (Å²) in [5.41, 5.74) is 0.